The van der Waals surface area contributed by atoms with E-state index in [1.54, 1.807) is 0 Å². The summed E-state index contributed by atoms with van der Waals surface area (Å²) in [6.07, 6.45) is -5.12. The summed E-state index contributed by atoms with van der Waals surface area (Å²) in [7, 11) is 0. The molecule has 0 aromatic heterocycles. The Hall–Kier alpha value is -8.56. The van der Waals surface area contributed by atoms with E-state index in [1.165, 1.54) is 0 Å². The molecule has 2 heterocycles. The molecule has 0 bridgehead atoms. The van der Waals surface area contributed by atoms with Crippen molar-refractivity contribution >= 4 is 94.9 Å². The summed E-state index contributed by atoms with van der Waals surface area (Å²) in [6.45, 7) is 0.319. The van der Waals surface area contributed by atoms with Gasteiger partial charge in [0.05, 0.1) is 12.3 Å². The zero-order valence-electron chi connectivity index (χ0n) is 45.2. The number of unbranched alkanes of at least 4 members (excludes halogenated alkanes) is 3. The van der Waals surface area contributed by atoms with E-state index in [-0.39, 0.29) is 77.3 Å². The molecular formula is C49H74N12O22. The van der Waals surface area contributed by atoms with Crippen LogP contribution >= 0.6 is 0 Å². The summed E-state index contributed by atoms with van der Waals surface area (Å²) in [5.74, 6) is -21.0. The molecule has 2 aliphatic heterocycles. The number of rotatable bonds is 40. The summed E-state index contributed by atoms with van der Waals surface area (Å²) in [5.41, 5.74) is 8.74. The maximum Gasteiger partial charge on any atom is 0.326 e. The molecule has 83 heavy (non-hydrogen) atoms. The molecule has 1 aliphatic carbocycles. The van der Waals surface area contributed by atoms with E-state index >= 15 is 0 Å². The fourth-order valence-corrected chi connectivity index (χ4v) is 9.05. The number of carbonyl (C=O) groups is 16. The number of carboxylic acid groups (broad SMARTS) is 6. The van der Waals surface area contributed by atoms with E-state index in [4.69, 9.17) is 11.5 Å². The highest BCUT2D eigenvalue weighted by Crippen LogP contribution is 2.44. The monoisotopic (exact) mass is 1180 g/mol. The molecule has 0 aromatic rings. The van der Waals surface area contributed by atoms with E-state index in [2.05, 4.69) is 53.2 Å². The molecule has 3 fully saturated rings. The van der Waals surface area contributed by atoms with Crippen LogP contribution in [0.4, 0.5) is 0 Å². The minimum Gasteiger partial charge on any atom is -0.481 e. The molecule has 11 atom stereocenters. The molecule has 20 N–H and O–H groups in total. The summed E-state index contributed by atoms with van der Waals surface area (Å²) in [4.78, 5) is 205. The van der Waals surface area contributed by atoms with Crippen molar-refractivity contribution < 1.29 is 107 Å². The third-order valence-electron chi connectivity index (χ3n) is 13.8. The van der Waals surface area contributed by atoms with Crippen LogP contribution in [-0.2, 0) is 76.7 Å². The average molecular weight is 1180 g/mol. The number of nitrogens with two attached hydrogens (primary N) is 2. The Balaban J connectivity index is 1.97. The van der Waals surface area contributed by atoms with Crippen LogP contribution in [0.5, 0.6) is 0 Å². The second kappa shape index (κ2) is 33.4. The highest BCUT2D eigenvalue weighted by molar-refractivity contribution is 6.04. The number of aliphatic carboxylic acids is 6. The molecule has 0 spiro atoms. The SMILES string of the molecule is NCCCC[C@H](NC(=O)C(CCCCC(NC(=O)[C@@]1(NC(=O)[C@H](CCC(=O)O)NC(=O)[C@@H]2CCC(=O)N2)CC1C(=O)O)C(=O)N[C@@H](CCCCN)C(=O)O)NC(=O)[C@H](CC(=O)O)NC(=O)[C@H](CCC(=O)O)NC(=O)[C@@H]1CCC(=O)N1)C(=O)O. The third-order valence-corrected chi connectivity index (χ3v) is 13.8. The third kappa shape index (κ3) is 22.7. The second-order valence-corrected chi connectivity index (χ2v) is 20.3. The first-order chi connectivity index (χ1) is 39.1. The van der Waals surface area contributed by atoms with Gasteiger partial charge in [-0.25, -0.2) is 9.59 Å². The molecule has 0 aromatic carbocycles. The van der Waals surface area contributed by atoms with Crippen LogP contribution < -0.4 is 64.6 Å². The van der Waals surface area contributed by atoms with E-state index in [1.807, 2.05) is 0 Å². The van der Waals surface area contributed by atoms with Crippen LogP contribution in [0.15, 0.2) is 0 Å². The molecule has 0 radical (unpaired) electrons. The maximum absolute atomic E-state index is 14.3. The van der Waals surface area contributed by atoms with Crippen LogP contribution in [0, 0.1) is 5.92 Å². The quantitative estimate of drug-likeness (QED) is 0.0254. The molecule has 10 amide bonds. The lowest BCUT2D eigenvalue weighted by atomic mass is 10.0. The molecule has 34 nitrogen and oxygen atoms in total. The Kier molecular flexibility index (Phi) is 27.6. The van der Waals surface area contributed by atoms with Gasteiger partial charge in [-0.05, 0) is 96.6 Å². The van der Waals surface area contributed by atoms with Crippen molar-refractivity contribution in [2.75, 3.05) is 13.1 Å². The van der Waals surface area contributed by atoms with Crippen molar-refractivity contribution in [3.63, 3.8) is 0 Å². The predicted molar refractivity (Wildman–Crippen MR) is 278 cm³/mol. The second-order valence-electron chi connectivity index (χ2n) is 20.3. The number of amides is 10. The summed E-state index contributed by atoms with van der Waals surface area (Å²) >= 11 is 0. The first kappa shape index (κ1) is 68.7. The molecule has 34 heteroatoms. The Bertz CT molecular complexity index is 2460. The van der Waals surface area contributed by atoms with E-state index in [0.29, 0.717) is 12.8 Å². The van der Waals surface area contributed by atoms with Crippen LogP contribution in [0.2, 0.25) is 0 Å². The number of carbonyl (C=O) groups excluding carboxylic acids is 10. The summed E-state index contributed by atoms with van der Waals surface area (Å²) in [6, 6.07) is -14.4. The molecule has 1 saturated carbocycles. The van der Waals surface area contributed by atoms with Gasteiger partial charge in [0.15, 0.2) is 0 Å². The van der Waals surface area contributed by atoms with Crippen LogP contribution in [0.1, 0.15) is 128 Å². The fraction of sp³-hybridized carbons (Fsp3) is 0.673. The molecule has 2 saturated heterocycles. The normalized spacial score (nSPS) is 20.3. The van der Waals surface area contributed by atoms with Gasteiger partial charge in [-0.2, -0.15) is 0 Å². The van der Waals surface area contributed by atoms with Crippen molar-refractivity contribution in [3.8, 4) is 0 Å². The summed E-state index contributed by atoms with van der Waals surface area (Å²) < 4.78 is 0. The Morgan fingerprint density at radius 1 is 0.458 bits per heavy atom. The zero-order chi connectivity index (χ0) is 62.1. The molecule has 3 aliphatic rings. The van der Waals surface area contributed by atoms with Crippen molar-refractivity contribution in [1.82, 2.24) is 53.2 Å². The van der Waals surface area contributed by atoms with Crippen molar-refractivity contribution in [2.45, 2.75) is 188 Å². The molecule has 3 unspecified atom stereocenters. The van der Waals surface area contributed by atoms with Gasteiger partial charge in [0.1, 0.15) is 59.9 Å². The number of nitrogens with one attached hydrogen (secondary N) is 10. The fourth-order valence-electron chi connectivity index (χ4n) is 9.05. The largest absolute Gasteiger partial charge is 0.481 e. The van der Waals surface area contributed by atoms with Crippen LogP contribution in [-0.4, -0.2) is 199 Å². The van der Waals surface area contributed by atoms with Gasteiger partial charge >= 0.3 is 35.8 Å². The molecular weight excluding hydrogens is 1110 g/mol. The summed E-state index contributed by atoms with van der Waals surface area (Å²) in [5, 5.41) is 81.4. The Morgan fingerprint density at radius 3 is 1.18 bits per heavy atom. The molecule has 3 rings (SSSR count). The van der Waals surface area contributed by atoms with Crippen molar-refractivity contribution in [3.05, 3.63) is 0 Å². The topological polar surface area (TPSA) is 567 Å². The lowest BCUT2D eigenvalue weighted by molar-refractivity contribution is -0.144. The van der Waals surface area contributed by atoms with Gasteiger partial charge in [0, 0.05) is 25.7 Å². The highest BCUT2D eigenvalue weighted by atomic mass is 16.4. The lowest BCUT2D eigenvalue weighted by Crippen LogP contribution is -2.60. The van der Waals surface area contributed by atoms with Gasteiger partial charge in [0.2, 0.25) is 59.1 Å². The van der Waals surface area contributed by atoms with Crippen LogP contribution in [0.25, 0.3) is 0 Å². The number of hydrogen-bond donors (Lipinski definition) is 18. The average Bonchev–Trinajstić information content (AvgIpc) is 2.04. The first-order valence-corrected chi connectivity index (χ1v) is 26.9. The van der Waals surface area contributed by atoms with E-state index in [9.17, 15) is 107 Å². The van der Waals surface area contributed by atoms with Crippen molar-refractivity contribution in [1.29, 1.82) is 0 Å². The Morgan fingerprint density at radius 2 is 0.819 bits per heavy atom. The van der Waals surface area contributed by atoms with Gasteiger partial charge in [-0.1, -0.05) is 12.8 Å². The maximum atomic E-state index is 14.3. The standard InChI is InChI=1S/C49H74N12O22/c50-19-5-3-9-30(46(79)80)57-38(70)24(54-43(75)32(21-37(68)69)59-42(74)28(13-17-35(64)65)55-40(72)26-11-15-33(62)52-26)7-1-2-8-25(39(71)58-31(47(81)82)10-4-6-20-51)60-48(83)49(22-23(49)45(77)78)61-44(76)29(14-18-36(66)67)56-41(73)27-12-16-34(63)53-27/h23-32H,1-22,50-51H2,(H,52,62)(H,53,63)(H,54,75)(H,55,72)(H,56,73)(H,57,70)(H,58,71)(H,59,74)(H,60,83)(H,61,76)(H,64,65)(H,66,67)(H,68,69)(H,77,78)(H,79,80)(H,81,82)/t23?,24?,25?,26-,27-,28-,29-,30-,31-,32-,49+/m0/s1. The van der Waals surface area contributed by atoms with Crippen LogP contribution in [0.3, 0.4) is 0 Å². The predicted octanol–water partition coefficient (Wildman–Crippen LogP) is -5.91. The highest BCUT2D eigenvalue weighted by Gasteiger charge is 2.66. The number of hydrogen-bond acceptors (Lipinski definition) is 18. The van der Waals surface area contributed by atoms with Gasteiger partial charge < -0.3 is 95.3 Å². The molecule has 462 valence electrons. The minimum absolute atomic E-state index is 0.0195. The van der Waals surface area contributed by atoms with Gasteiger partial charge in [0.25, 0.3) is 0 Å². The smallest absolute Gasteiger partial charge is 0.326 e. The minimum atomic E-state index is -2.36. The van der Waals surface area contributed by atoms with Gasteiger partial charge in [-0.15, -0.1) is 0 Å². The van der Waals surface area contributed by atoms with E-state index < -0.39 is 212 Å². The van der Waals surface area contributed by atoms with Crippen molar-refractivity contribution in [2.24, 2.45) is 17.4 Å². The number of carboxylic acids is 6. The first-order valence-electron chi connectivity index (χ1n) is 26.9. The zero-order valence-corrected chi connectivity index (χ0v) is 45.2. The van der Waals surface area contributed by atoms with E-state index in [0.717, 1.165) is 0 Å². The van der Waals surface area contributed by atoms with Gasteiger partial charge in [-0.3, -0.25) is 67.1 Å². The Labute approximate surface area is 473 Å². The lowest BCUT2D eigenvalue weighted by Gasteiger charge is -2.27.